The van der Waals surface area contributed by atoms with Crippen LogP contribution in [0, 0.1) is 6.92 Å². The van der Waals surface area contributed by atoms with Crippen LogP contribution in [0.5, 0.6) is 5.75 Å². The number of halogens is 1. The van der Waals surface area contributed by atoms with Gasteiger partial charge in [-0.3, -0.25) is 0 Å². The van der Waals surface area contributed by atoms with E-state index in [1.807, 2.05) is 20.8 Å². The number of rotatable bonds is 8. The molecular weight excluding hydrogens is 320 g/mol. The van der Waals surface area contributed by atoms with E-state index in [0.29, 0.717) is 29.3 Å². The summed E-state index contributed by atoms with van der Waals surface area (Å²) in [4.78, 5) is 10.6. The zero-order valence-electron chi connectivity index (χ0n) is 13.9. The molecule has 0 fully saturated rings. The van der Waals surface area contributed by atoms with Crippen LogP contribution < -0.4 is 15.4 Å². The monoisotopic (exact) mass is 344 g/mol. The van der Waals surface area contributed by atoms with Crippen molar-refractivity contribution < 1.29 is 19.7 Å². The molecule has 0 aliphatic carbocycles. The zero-order chi connectivity index (χ0) is 17.6. The standard InChI is InChI=1S/C16H25ClN2O4/c1-9(2)19-8-13(20)14-10(3)12(17)7-11(15(14)23-4)5-6-18-16(21)22/h7,9,13,18-20H,5-6,8H2,1-4H3,(H,21,22). The van der Waals surface area contributed by atoms with Crippen LogP contribution in [-0.4, -0.2) is 42.5 Å². The van der Waals surface area contributed by atoms with Crippen LogP contribution in [0.2, 0.25) is 5.02 Å². The van der Waals surface area contributed by atoms with Crippen molar-refractivity contribution in [1.29, 1.82) is 0 Å². The van der Waals surface area contributed by atoms with Crippen molar-refractivity contribution in [2.45, 2.75) is 39.3 Å². The molecule has 1 rings (SSSR count). The first-order valence-electron chi connectivity index (χ1n) is 7.52. The van der Waals surface area contributed by atoms with E-state index in [4.69, 9.17) is 21.4 Å². The van der Waals surface area contributed by atoms with Gasteiger partial charge in [0.05, 0.1) is 13.2 Å². The van der Waals surface area contributed by atoms with Gasteiger partial charge in [0.1, 0.15) is 5.75 Å². The van der Waals surface area contributed by atoms with Crippen molar-refractivity contribution in [2.24, 2.45) is 0 Å². The van der Waals surface area contributed by atoms with Gasteiger partial charge in [0.15, 0.2) is 0 Å². The summed E-state index contributed by atoms with van der Waals surface area (Å²) in [5.41, 5.74) is 2.16. The Morgan fingerprint density at radius 2 is 2.09 bits per heavy atom. The summed E-state index contributed by atoms with van der Waals surface area (Å²) in [6, 6.07) is 2.00. The largest absolute Gasteiger partial charge is 0.496 e. The maximum absolute atomic E-state index is 10.6. The van der Waals surface area contributed by atoms with Gasteiger partial charge in [-0.25, -0.2) is 4.79 Å². The van der Waals surface area contributed by atoms with E-state index in [-0.39, 0.29) is 12.6 Å². The smallest absolute Gasteiger partial charge is 0.404 e. The molecule has 1 atom stereocenters. The molecule has 7 heteroatoms. The second kappa shape index (κ2) is 8.96. The molecule has 4 N–H and O–H groups in total. The first-order chi connectivity index (χ1) is 10.8. The minimum absolute atomic E-state index is 0.241. The quantitative estimate of drug-likeness (QED) is 0.581. The molecule has 0 bridgehead atoms. The summed E-state index contributed by atoms with van der Waals surface area (Å²) < 4.78 is 5.48. The highest BCUT2D eigenvalue weighted by Crippen LogP contribution is 2.36. The highest BCUT2D eigenvalue weighted by Gasteiger charge is 2.21. The summed E-state index contributed by atoms with van der Waals surface area (Å²) in [7, 11) is 1.53. The maximum atomic E-state index is 10.6. The first-order valence-corrected chi connectivity index (χ1v) is 7.89. The fraction of sp³-hybridized carbons (Fsp3) is 0.562. The Kier molecular flexibility index (Phi) is 7.61. The summed E-state index contributed by atoms with van der Waals surface area (Å²) in [5, 5.41) is 25.2. The number of methoxy groups -OCH3 is 1. The first kappa shape index (κ1) is 19.5. The Labute approximate surface area is 141 Å². The lowest BCUT2D eigenvalue weighted by atomic mass is 9.96. The van der Waals surface area contributed by atoms with E-state index >= 15 is 0 Å². The molecule has 6 nitrogen and oxygen atoms in total. The molecule has 1 aromatic rings. The van der Waals surface area contributed by atoms with Gasteiger partial charge < -0.3 is 25.6 Å². The van der Waals surface area contributed by atoms with Crippen LogP contribution >= 0.6 is 11.6 Å². The lowest BCUT2D eigenvalue weighted by Gasteiger charge is -2.22. The number of carboxylic acid groups (broad SMARTS) is 1. The molecule has 0 aromatic heterocycles. The number of carbonyl (C=O) groups is 1. The van der Waals surface area contributed by atoms with Gasteiger partial charge in [-0.1, -0.05) is 25.4 Å². The number of nitrogens with one attached hydrogen (secondary N) is 2. The highest BCUT2D eigenvalue weighted by atomic mass is 35.5. The van der Waals surface area contributed by atoms with Crippen molar-refractivity contribution in [3.63, 3.8) is 0 Å². The van der Waals surface area contributed by atoms with Gasteiger partial charge in [-0.05, 0) is 30.5 Å². The van der Waals surface area contributed by atoms with Gasteiger partial charge in [-0.2, -0.15) is 0 Å². The van der Waals surface area contributed by atoms with Crippen LogP contribution in [0.4, 0.5) is 4.79 Å². The molecule has 1 amide bonds. The molecule has 0 saturated carbocycles. The molecule has 23 heavy (non-hydrogen) atoms. The van der Waals surface area contributed by atoms with Gasteiger partial charge in [0.2, 0.25) is 0 Å². The van der Waals surface area contributed by atoms with Crippen molar-refractivity contribution in [2.75, 3.05) is 20.2 Å². The third-order valence-corrected chi connectivity index (χ3v) is 3.92. The Morgan fingerprint density at radius 3 is 2.61 bits per heavy atom. The summed E-state index contributed by atoms with van der Waals surface area (Å²) >= 11 is 6.27. The number of amides is 1. The van der Waals surface area contributed by atoms with Crippen molar-refractivity contribution >= 4 is 17.7 Å². The Hall–Kier alpha value is -1.50. The fourth-order valence-electron chi connectivity index (χ4n) is 2.38. The van der Waals surface area contributed by atoms with Crippen LogP contribution in [-0.2, 0) is 6.42 Å². The molecule has 0 spiro atoms. The number of ether oxygens (including phenoxy) is 1. The number of aliphatic hydroxyl groups excluding tert-OH is 1. The van der Waals surface area contributed by atoms with Crippen LogP contribution in [0.3, 0.4) is 0 Å². The second-order valence-corrected chi connectivity index (χ2v) is 6.06. The van der Waals surface area contributed by atoms with Crippen LogP contribution in [0.25, 0.3) is 0 Å². The Bertz CT molecular complexity index is 549. The summed E-state index contributed by atoms with van der Waals surface area (Å²) in [6.07, 6.45) is -1.42. The molecule has 0 aliphatic rings. The van der Waals surface area contributed by atoms with Gasteiger partial charge >= 0.3 is 6.09 Å². The maximum Gasteiger partial charge on any atom is 0.404 e. The molecule has 130 valence electrons. The predicted octanol–water partition coefficient (Wildman–Crippen LogP) is 2.50. The van der Waals surface area contributed by atoms with E-state index in [9.17, 15) is 9.90 Å². The average molecular weight is 345 g/mol. The number of aliphatic hydroxyl groups is 1. The topological polar surface area (TPSA) is 90.8 Å². The summed E-state index contributed by atoms with van der Waals surface area (Å²) in [6.45, 7) is 6.44. The van der Waals surface area contributed by atoms with Gasteiger partial charge in [-0.15, -0.1) is 0 Å². The van der Waals surface area contributed by atoms with Crippen molar-refractivity contribution in [1.82, 2.24) is 10.6 Å². The molecule has 1 aromatic carbocycles. The lowest BCUT2D eigenvalue weighted by Crippen LogP contribution is -2.28. The van der Waals surface area contributed by atoms with Crippen molar-refractivity contribution in [3.05, 3.63) is 27.8 Å². The van der Waals surface area contributed by atoms with E-state index in [0.717, 1.165) is 11.1 Å². The third kappa shape index (κ3) is 5.57. The average Bonchev–Trinajstić information content (AvgIpc) is 2.47. The SMILES string of the molecule is COc1c(CCNC(=O)O)cc(Cl)c(C)c1C(O)CNC(C)C. The molecule has 0 aliphatic heterocycles. The fourth-order valence-corrected chi connectivity index (χ4v) is 2.61. The van der Waals surface area contributed by atoms with Crippen LogP contribution in [0.1, 0.15) is 36.6 Å². The number of hydrogen-bond acceptors (Lipinski definition) is 4. The predicted molar refractivity (Wildman–Crippen MR) is 90.6 cm³/mol. The van der Waals surface area contributed by atoms with Crippen molar-refractivity contribution in [3.8, 4) is 5.75 Å². The second-order valence-electron chi connectivity index (χ2n) is 5.65. The van der Waals surface area contributed by atoms with E-state index in [1.54, 1.807) is 6.07 Å². The molecule has 0 saturated heterocycles. The Morgan fingerprint density at radius 1 is 1.43 bits per heavy atom. The number of benzene rings is 1. The van der Waals surface area contributed by atoms with Crippen LogP contribution in [0.15, 0.2) is 6.07 Å². The van der Waals surface area contributed by atoms with Gasteiger partial charge in [0, 0.05) is 29.7 Å². The highest BCUT2D eigenvalue weighted by molar-refractivity contribution is 6.31. The lowest BCUT2D eigenvalue weighted by molar-refractivity contribution is 0.166. The Balaban J connectivity index is 3.11. The zero-order valence-corrected chi connectivity index (χ0v) is 14.7. The molecule has 0 heterocycles. The van der Waals surface area contributed by atoms with Gasteiger partial charge in [0.25, 0.3) is 0 Å². The summed E-state index contributed by atoms with van der Waals surface area (Å²) in [5.74, 6) is 0.553. The van der Waals surface area contributed by atoms with E-state index in [2.05, 4.69) is 10.6 Å². The minimum Gasteiger partial charge on any atom is -0.496 e. The number of hydrogen-bond donors (Lipinski definition) is 4. The van der Waals surface area contributed by atoms with E-state index < -0.39 is 12.2 Å². The molecular formula is C16H25ClN2O4. The van der Waals surface area contributed by atoms with E-state index in [1.165, 1.54) is 7.11 Å². The molecule has 0 radical (unpaired) electrons. The normalized spacial score (nSPS) is 12.3. The third-order valence-electron chi connectivity index (χ3n) is 3.53. The molecule has 1 unspecified atom stereocenters. The minimum atomic E-state index is -1.08.